The van der Waals surface area contributed by atoms with E-state index in [4.69, 9.17) is 0 Å². The number of nitrogens with one attached hydrogen (secondary N) is 1. The molecule has 1 saturated heterocycles. The summed E-state index contributed by atoms with van der Waals surface area (Å²) in [5, 5.41) is 0. The Bertz CT molecular complexity index is 620. The number of rotatable bonds is 4. The maximum atomic E-state index is 12.7. The van der Waals surface area contributed by atoms with Crippen LogP contribution in [0.2, 0.25) is 0 Å². The van der Waals surface area contributed by atoms with Crippen molar-refractivity contribution >= 4 is 15.8 Å². The van der Waals surface area contributed by atoms with Gasteiger partial charge in [0, 0.05) is 31.5 Å². The summed E-state index contributed by atoms with van der Waals surface area (Å²) in [6.45, 7) is 3.41. The van der Waals surface area contributed by atoms with Crippen LogP contribution < -0.4 is 4.90 Å². The zero-order valence-corrected chi connectivity index (χ0v) is 13.6. The first kappa shape index (κ1) is 16.1. The predicted molar refractivity (Wildman–Crippen MR) is 81.0 cm³/mol. The number of benzene rings is 1. The molecular formula is C15H23N2O3S+. The van der Waals surface area contributed by atoms with Gasteiger partial charge < -0.3 is 4.90 Å². The number of carbonyl (C=O) groups excluding carboxylic acids is 1. The molecule has 0 aliphatic carbocycles. The van der Waals surface area contributed by atoms with E-state index in [0.29, 0.717) is 5.56 Å². The number of Topliss-reactive ketones (excluding diaryl/α,β-unsaturated/α-hetero) is 1. The molecule has 1 aromatic rings. The van der Waals surface area contributed by atoms with Gasteiger partial charge in [0.15, 0.2) is 5.78 Å². The third-order valence-electron chi connectivity index (χ3n) is 4.24. The maximum Gasteiger partial charge on any atom is 0.243 e. The van der Waals surface area contributed by atoms with Gasteiger partial charge in [0.05, 0.1) is 25.0 Å². The van der Waals surface area contributed by atoms with Crippen molar-refractivity contribution in [1.29, 1.82) is 0 Å². The Morgan fingerprint density at radius 2 is 1.90 bits per heavy atom. The van der Waals surface area contributed by atoms with E-state index in [9.17, 15) is 13.2 Å². The zero-order chi connectivity index (χ0) is 15.6. The molecule has 0 radical (unpaired) electrons. The van der Waals surface area contributed by atoms with Crippen molar-refractivity contribution in [3.8, 4) is 0 Å². The molecule has 1 heterocycles. The quantitative estimate of drug-likeness (QED) is 0.808. The lowest BCUT2D eigenvalue weighted by molar-refractivity contribution is -0.885. The molecule has 0 amide bonds. The molecule has 0 bridgehead atoms. The highest BCUT2D eigenvalue weighted by Gasteiger charge is 2.31. The van der Waals surface area contributed by atoms with E-state index in [1.54, 1.807) is 25.2 Å². The van der Waals surface area contributed by atoms with Gasteiger partial charge in [0.25, 0.3) is 0 Å². The number of sulfonamides is 1. The van der Waals surface area contributed by atoms with Crippen LogP contribution in [0.3, 0.4) is 0 Å². The Labute approximate surface area is 126 Å². The number of hydrogen-bond acceptors (Lipinski definition) is 3. The third kappa shape index (κ3) is 3.51. The Morgan fingerprint density at radius 3 is 2.48 bits per heavy atom. The van der Waals surface area contributed by atoms with Gasteiger partial charge in [-0.1, -0.05) is 12.1 Å². The van der Waals surface area contributed by atoms with Crippen LogP contribution in [0.25, 0.3) is 0 Å². The fourth-order valence-corrected chi connectivity index (χ4v) is 4.16. The highest BCUT2D eigenvalue weighted by molar-refractivity contribution is 7.89. The van der Waals surface area contributed by atoms with Gasteiger partial charge in [-0.15, -0.1) is 0 Å². The van der Waals surface area contributed by atoms with Gasteiger partial charge >= 0.3 is 0 Å². The van der Waals surface area contributed by atoms with Crippen LogP contribution in [0.5, 0.6) is 0 Å². The molecule has 0 unspecified atom stereocenters. The van der Waals surface area contributed by atoms with Gasteiger partial charge in [0.2, 0.25) is 10.0 Å². The number of nitrogens with zero attached hydrogens (tertiary/aromatic N) is 1. The van der Waals surface area contributed by atoms with Gasteiger partial charge in [-0.25, -0.2) is 8.42 Å². The van der Waals surface area contributed by atoms with E-state index in [2.05, 4.69) is 7.05 Å². The zero-order valence-electron chi connectivity index (χ0n) is 12.8. The van der Waals surface area contributed by atoms with Crippen LogP contribution >= 0.6 is 0 Å². The van der Waals surface area contributed by atoms with Crippen molar-refractivity contribution in [2.75, 3.05) is 27.2 Å². The summed E-state index contributed by atoms with van der Waals surface area (Å²) in [5.74, 6) is -0.127. The Balaban J connectivity index is 2.25. The van der Waals surface area contributed by atoms with Gasteiger partial charge in [-0.05, 0) is 19.1 Å². The number of likely N-dealkylation sites (tertiary alicyclic amines) is 1. The maximum absolute atomic E-state index is 12.7. The van der Waals surface area contributed by atoms with Crippen molar-refractivity contribution < 1.29 is 18.1 Å². The van der Waals surface area contributed by atoms with Crippen LogP contribution in [0, 0.1) is 0 Å². The molecule has 0 spiro atoms. The molecule has 1 aromatic carbocycles. The van der Waals surface area contributed by atoms with E-state index < -0.39 is 10.0 Å². The van der Waals surface area contributed by atoms with Gasteiger partial charge in [-0.2, -0.15) is 4.31 Å². The molecular weight excluding hydrogens is 288 g/mol. The van der Waals surface area contributed by atoms with Crippen LogP contribution in [0.1, 0.15) is 30.1 Å². The van der Waals surface area contributed by atoms with Crippen molar-refractivity contribution in [2.24, 2.45) is 0 Å². The first-order valence-electron chi connectivity index (χ1n) is 7.22. The molecule has 1 aliphatic rings. The Hall–Kier alpha value is -1.24. The van der Waals surface area contributed by atoms with Crippen molar-refractivity contribution in [3.63, 3.8) is 0 Å². The highest BCUT2D eigenvalue weighted by Crippen LogP contribution is 2.21. The molecule has 5 nitrogen and oxygen atoms in total. The van der Waals surface area contributed by atoms with E-state index in [1.807, 2.05) is 0 Å². The lowest BCUT2D eigenvalue weighted by Gasteiger charge is -2.32. The molecule has 0 saturated carbocycles. The summed E-state index contributed by atoms with van der Waals surface area (Å²) in [6.07, 6.45) is 1.74. The van der Waals surface area contributed by atoms with E-state index >= 15 is 0 Å². The molecule has 0 atom stereocenters. The first-order valence-corrected chi connectivity index (χ1v) is 8.66. The number of piperidine rings is 1. The Kier molecular flexibility index (Phi) is 4.81. The largest absolute Gasteiger partial charge is 0.337 e. The molecule has 21 heavy (non-hydrogen) atoms. The molecule has 1 fully saturated rings. The SMILES string of the molecule is CC(=O)c1cccc(S(=O)(=O)N(C)C2CC[NH+](C)CC2)c1. The standard InChI is InChI=1S/C15H22N2O3S/c1-12(18)13-5-4-6-15(11-13)21(19,20)17(3)14-7-9-16(2)10-8-14/h4-6,11,14H,7-10H2,1-3H3/p+1. The highest BCUT2D eigenvalue weighted by atomic mass is 32.2. The fourth-order valence-electron chi connectivity index (χ4n) is 2.70. The van der Waals surface area contributed by atoms with Crippen molar-refractivity contribution in [3.05, 3.63) is 29.8 Å². The second-order valence-corrected chi connectivity index (χ2v) is 7.79. The van der Waals surface area contributed by atoms with Crippen molar-refractivity contribution in [2.45, 2.75) is 30.7 Å². The minimum Gasteiger partial charge on any atom is -0.337 e. The second kappa shape index (κ2) is 6.25. The Morgan fingerprint density at radius 1 is 1.29 bits per heavy atom. The summed E-state index contributed by atoms with van der Waals surface area (Å²) >= 11 is 0. The third-order valence-corrected chi connectivity index (χ3v) is 6.15. The average molecular weight is 311 g/mol. The lowest BCUT2D eigenvalue weighted by Crippen LogP contribution is -3.10. The summed E-state index contributed by atoms with van der Waals surface area (Å²) in [6, 6.07) is 6.32. The predicted octanol–water partition coefficient (Wildman–Crippen LogP) is 0.187. The molecule has 1 N–H and O–H groups in total. The molecule has 2 rings (SSSR count). The summed E-state index contributed by atoms with van der Waals surface area (Å²) < 4.78 is 26.9. The number of ketones is 1. The van der Waals surface area contributed by atoms with Crippen LogP contribution in [-0.4, -0.2) is 51.7 Å². The number of hydrogen-bond donors (Lipinski definition) is 1. The summed E-state index contributed by atoms with van der Waals surface area (Å²) in [4.78, 5) is 13.1. The number of quaternary nitrogens is 1. The van der Waals surface area contributed by atoms with E-state index in [-0.39, 0.29) is 16.7 Å². The molecule has 116 valence electrons. The minimum atomic E-state index is -3.54. The smallest absolute Gasteiger partial charge is 0.243 e. The number of carbonyl (C=O) groups is 1. The van der Waals surface area contributed by atoms with Gasteiger partial charge in [-0.3, -0.25) is 4.79 Å². The van der Waals surface area contributed by atoms with Crippen LogP contribution in [-0.2, 0) is 10.0 Å². The monoisotopic (exact) mass is 311 g/mol. The summed E-state index contributed by atoms with van der Waals surface area (Å²) in [7, 11) is 0.226. The summed E-state index contributed by atoms with van der Waals surface area (Å²) in [5.41, 5.74) is 0.428. The van der Waals surface area contributed by atoms with Crippen LogP contribution in [0.15, 0.2) is 29.2 Å². The second-order valence-electron chi connectivity index (χ2n) is 5.79. The van der Waals surface area contributed by atoms with Crippen LogP contribution in [0.4, 0.5) is 0 Å². The first-order chi connectivity index (χ1) is 9.82. The average Bonchev–Trinajstić information content (AvgIpc) is 2.47. The topological polar surface area (TPSA) is 58.9 Å². The van der Waals surface area contributed by atoms with Gasteiger partial charge in [0.1, 0.15) is 0 Å². The fraction of sp³-hybridized carbons (Fsp3) is 0.533. The normalized spacial score (nSPS) is 23.2. The molecule has 0 aromatic heterocycles. The van der Waals surface area contributed by atoms with E-state index in [0.717, 1.165) is 25.9 Å². The van der Waals surface area contributed by atoms with Crippen molar-refractivity contribution in [1.82, 2.24) is 4.31 Å². The molecule has 1 aliphatic heterocycles. The van der Waals surface area contributed by atoms with E-state index in [1.165, 1.54) is 22.2 Å². The lowest BCUT2D eigenvalue weighted by atomic mass is 10.1. The minimum absolute atomic E-state index is 0.0414. The molecule has 6 heteroatoms.